The lowest BCUT2D eigenvalue weighted by Gasteiger charge is -2.26. The number of carboxylic acids is 1. The van der Waals surface area contributed by atoms with Crippen molar-refractivity contribution in [1.82, 2.24) is 31.0 Å². The molecule has 1 aromatic heterocycles. The van der Waals surface area contributed by atoms with E-state index < -0.39 is 18.1 Å². The summed E-state index contributed by atoms with van der Waals surface area (Å²) in [7, 11) is 0. The second kappa shape index (κ2) is 12.4. The number of amides is 2. The van der Waals surface area contributed by atoms with Gasteiger partial charge in [0.1, 0.15) is 12.6 Å². The number of aliphatic imine (C=N–C) groups is 1. The van der Waals surface area contributed by atoms with Gasteiger partial charge in [-0.05, 0) is 30.2 Å². The summed E-state index contributed by atoms with van der Waals surface area (Å²) < 4.78 is 5.17. The van der Waals surface area contributed by atoms with Crippen molar-refractivity contribution < 1.29 is 24.2 Å². The van der Waals surface area contributed by atoms with Gasteiger partial charge in [-0.1, -0.05) is 30.3 Å². The van der Waals surface area contributed by atoms with Crippen LogP contribution in [0.2, 0.25) is 0 Å². The first-order valence-electron chi connectivity index (χ1n) is 11.9. The first-order valence-corrected chi connectivity index (χ1v) is 11.9. The number of hydrogen-bond acceptors (Lipinski definition) is 8. The Kier molecular flexibility index (Phi) is 8.53. The Hall–Kier alpha value is -4.61. The maximum atomic E-state index is 13.4. The fourth-order valence-corrected chi connectivity index (χ4v) is 3.84. The fourth-order valence-electron chi connectivity index (χ4n) is 3.84. The van der Waals surface area contributed by atoms with Crippen molar-refractivity contribution in [2.75, 3.05) is 32.7 Å². The number of guanidine groups is 1. The van der Waals surface area contributed by atoms with Crippen molar-refractivity contribution in [3.63, 3.8) is 0 Å². The smallest absolute Gasteiger partial charge is 0.408 e. The SMILES string of the molecule is O=C(NC(CN(CCCNC1=NCCN1)C(=O)c1ccc2[nH]ncc2c1)C(=O)O)OCc1ccccc1. The summed E-state index contributed by atoms with van der Waals surface area (Å²) in [6, 6.07) is 12.8. The van der Waals surface area contributed by atoms with Crippen molar-refractivity contribution in [3.8, 4) is 0 Å². The number of carboxylic acid groups (broad SMARTS) is 1. The minimum atomic E-state index is -1.36. The molecule has 0 aliphatic carbocycles. The van der Waals surface area contributed by atoms with Gasteiger partial charge in [0.2, 0.25) is 0 Å². The van der Waals surface area contributed by atoms with Gasteiger partial charge in [0.25, 0.3) is 5.91 Å². The minimum absolute atomic E-state index is 0.00400. The molecule has 5 N–H and O–H groups in total. The van der Waals surface area contributed by atoms with Gasteiger partial charge in [-0.3, -0.25) is 14.9 Å². The summed E-state index contributed by atoms with van der Waals surface area (Å²) in [5.41, 5.74) is 1.94. The number of aromatic nitrogens is 2. The molecule has 37 heavy (non-hydrogen) atoms. The number of rotatable bonds is 11. The van der Waals surface area contributed by atoms with Crippen LogP contribution in [-0.2, 0) is 16.1 Å². The minimum Gasteiger partial charge on any atom is -0.480 e. The zero-order valence-electron chi connectivity index (χ0n) is 20.1. The molecule has 2 amide bonds. The quantitative estimate of drug-likeness (QED) is 0.243. The van der Waals surface area contributed by atoms with Crippen LogP contribution in [0.1, 0.15) is 22.3 Å². The average Bonchev–Trinajstić information content (AvgIpc) is 3.60. The molecule has 4 rings (SSSR count). The zero-order chi connectivity index (χ0) is 26.0. The number of hydrogen-bond donors (Lipinski definition) is 5. The second-order valence-corrected chi connectivity index (χ2v) is 8.46. The molecule has 0 fully saturated rings. The van der Waals surface area contributed by atoms with Crippen LogP contribution in [0.4, 0.5) is 4.79 Å². The van der Waals surface area contributed by atoms with Crippen LogP contribution >= 0.6 is 0 Å². The highest BCUT2D eigenvalue weighted by atomic mass is 16.5. The van der Waals surface area contributed by atoms with Crippen LogP contribution < -0.4 is 16.0 Å². The number of carbonyl (C=O) groups is 3. The third-order valence-electron chi connectivity index (χ3n) is 5.75. The fraction of sp³-hybridized carbons (Fsp3) is 0.320. The van der Waals surface area contributed by atoms with E-state index in [0.29, 0.717) is 31.0 Å². The number of benzene rings is 2. The van der Waals surface area contributed by atoms with Crippen LogP contribution in [0.5, 0.6) is 0 Å². The van der Waals surface area contributed by atoms with Gasteiger partial charge >= 0.3 is 12.1 Å². The van der Waals surface area contributed by atoms with Crippen LogP contribution in [0.15, 0.2) is 59.7 Å². The Morgan fingerprint density at radius 3 is 2.76 bits per heavy atom. The lowest BCUT2D eigenvalue weighted by molar-refractivity contribution is -0.139. The Morgan fingerprint density at radius 1 is 1.16 bits per heavy atom. The Morgan fingerprint density at radius 2 is 2.00 bits per heavy atom. The maximum absolute atomic E-state index is 13.4. The first kappa shape index (κ1) is 25.5. The highest BCUT2D eigenvalue weighted by Gasteiger charge is 2.27. The molecule has 0 saturated heterocycles. The monoisotopic (exact) mass is 507 g/mol. The molecule has 1 atom stereocenters. The molecule has 1 aliphatic heterocycles. The van der Waals surface area contributed by atoms with Gasteiger partial charge in [0.15, 0.2) is 5.96 Å². The molecule has 194 valence electrons. The van der Waals surface area contributed by atoms with E-state index in [1.54, 1.807) is 36.5 Å². The van der Waals surface area contributed by atoms with E-state index in [1.165, 1.54) is 4.90 Å². The summed E-state index contributed by atoms with van der Waals surface area (Å²) in [5, 5.41) is 26.0. The van der Waals surface area contributed by atoms with E-state index in [9.17, 15) is 19.5 Å². The molecule has 1 unspecified atom stereocenters. The van der Waals surface area contributed by atoms with Crippen LogP contribution in [-0.4, -0.2) is 82.9 Å². The first-order chi connectivity index (χ1) is 18.0. The highest BCUT2D eigenvalue weighted by molar-refractivity contribution is 5.98. The zero-order valence-corrected chi connectivity index (χ0v) is 20.1. The number of alkyl carbamates (subject to hydrolysis) is 1. The molecular formula is C25H29N7O5. The number of nitrogens with zero attached hydrogens (tertiary/aromatic N) is 3. The summed E-state index contributed by atoms with van der Waals surface area (Å²) in [4.78, 5) is 43.4. The van der Waals surface area contributed by atoms with Crippen molar-refractivity contribution >= 4 is 34.8 Å². The number of fused-ring (bicyclic) bond motifs is 1. The molecule has 0 bridgehead atoms. The van der Waals surface area contributed by atoms with E-state index in [4.69, 9.17) is 4.74 Å². The van der Waals surface area contributed by atoms with Gasteiger partial charge in [-0.2, -0.15) is 5.10 Å². The molecular weight excluding hydrogens is 478 g/mol. The van der Waals surface area contributed by atoms with Gasteiger partial charge in [0, 0.05) is 30.6 Å². The number of carbonyl (C=O) groups excluding carboxylic acids is 2. The molecule has 2 aromatic carbocycles. The highest BCUT2D eigenvalue weighted by Crippen LogP contribution is 2.15. The van der Waals surface area contributed by atoms with Crippen molar-refractivity contribution in [3.05, 3.63) is 65.9 Å². The third kappa shape index (κ3) is 7.19. The van der Waals surface area contributed by atoms with E-state index in [1.807, 2.05) is 18.2 Å². The Bertz CT molecular complexity index is 1260. The maximum Gasteiger partial charge on any atom is 0.408 e. The molecule has 12 heteroatoms. The number of H-pyrrole nitrogens is 1. The largest absolute Gasteiger partial charge is 0.480 e. The molecule has 3 aromatic rings. The number of aromatic amines is 1. The Balaban J connectivity index is 1.41. The standard InChI is InChI=1S/C25H29N7O5/c33-22(18-7-8-20-19(13-18)14-29-31-20)32(12-4-9-26-24-27-10-11-28-24)15-21(23(34)35)30-25(36)37-16-17-5-2-1-3-6-17/h1-3,5-8,13-14,21H,4,9-12,15-16H2,(H,29,31)(H,30,36)(H,34,35)(H2,26,27,28). The van der Waals surface area contributed by atoms with E-state index >= 15 is 0 Å². The van der Waals surface area contributed by atoms with E-state index in [-0.39, 0.29) is 25.6 Å². The summed E-state index contributed by atoms with van der Waals surface area (Å²) in [6.07, 6.45) is 1.26. The van der Waals surface area contributed by atoms with Gasteiger partial charge < -0.3 is 30.7 Å². The lowest BCUT2D eigenvalue weighted by Crippen LogP contribution is -2.50. The summed E-state index contributed by atoms with van der Waals surface area (Å²) in [6.45, 7) is 2.02. The van der Waals surface area contributed by atoms with Crippen LogP contribution in [0.3, 0.4) is 0 Å². The normalized spacial score (nSPS) is 13.4. The second-order valence-electron chi connectivity index (χ2n) is 8.46. The van der Waals surface area contributed by atoms with Gasteiger partial charge in [-0.15, -0.1) is 0 Å². The van der Waals surface area contributed by atoms with Crippen molar-refractivity contribution in [1.29, 1.82) is 0 Å². The Labute approximate surface area is 213 Å². The van der Waals surface area contributed by atoms with Crippen LogP contribution in [0.25, 0.3) is 10.9 Å². The van der Waals surface area contributed by atoms with Gasteiger partial charge in [0.05, 0.1) is 24.8 Å². The lowest BCUT2D eigenvalue weighted by atomic mass is 10.1. The van der Waals surface area contributed by atoms with Crippen molar-refractivity contribution in [2.24, 2.45) is 4.99 Å². The summed E-state index contributed by atoms with van der Waals surface area (Å²) >= 11 is 0. The molecule has 0 spiro atoms. The molecule has 0 radical (unpaired) electrons. The number of ether oxygens (including phenoxy) is 1. The number of nitrogens with one attached hydrogen (secondary N) is 4. The molecule has 0 saturated carbocycles. The third-order valence-corrected chi connectivity index (χ3v) is 5.75. The predicted octanol–water partition coefficient (Wildman–Crippen LogP) is 1.32. The molecule has 2 heterocycles. The molecule has 1 aliphatic rings. The van der Waals surface area contributed by atoms with E-state index in [0.717, 1.165) is 23.0 Å². The van der Waals surface area contributed by atoms with E-state index in [2.05, 4.69) is 31.1 Å². The van der Waals surface area contributed by atoms with Crippen LogP contribution in [0, 0.1) is 0 Å². The summed E-state index contributed by atoms with van der Waals surface area (Å²) in [5.74, 6) is -0.929. The number of aliphatic carboxylic acids is 1. The molecule has 12 nitrogen and oxygen atoms in total. The van der Waals surface area contributed by atoms with Gasteiger partial charge in [-0.25, -0.2) is 9.59 Å². The topological polar surface area (TPSA) is 161 Å². The average molecular weight is 508 g/mol. The predicted molar refractivity (Wildman–Crippen MR) is 136 cm³/mol. The van der Waals surface area contributed by atoms with Crippen molar-refractivity contribution in [2.45, 2.75) is 19.1 Å².